The second-order valence-corrected chi connectivity index (χ2v) is 8.20. The van der Waals surface area contributed by atoms with Crippen LogP contribution in [0, 0.1) is 19.7 Å². The maximum absolute atomic E-state index is 14.5. The van der Waals surface area contributed by atoms with Crippen LogP contribution in [0.5, 0.6) is 0 Å². The number of nitrogens with one attached hydrogen (secondary N) is 1. The fraction of sp³-hybridized carbons (Fsp3) is 0.480. The number of piperidine rings is 1. The maximum atomic E-state index is 14.5. The van der Waals surface area contributed by atoms with Crippen molar-refractivity contribution in [2.75, 3.05) is 20.2 Å². The summed E-state index contributed by atoms with van der Waals surface area (Å²) in [5, 5.41) is 8.27. The van der Waals surface area contributed by atoms with Crippen LogP contribution in [-0.2, 0) is 18.2 Å². The molecule has 2 aromatic heterocycles. The topological polar surface area (TPSA) is 80.2 Å². The number of halogens is 1. The number of rotatable bonds is 4. The second-order valence-electron chi connectivity index (χ2n) is 8.20. The Morgan fingerprint density at radius 1 is 1.18 bits per heavy atom. The van der Waals surface area contributed by atoms with Gasteiger partial charge in [0.05, 0.1) is 22.7 Å². The van der Waals surface area contributed by atoms with E-state index in [1.807, 2.05) is 39.3 Å². The lowest BCUT2D eigenvalue weighted by molar-refractivity contribution is 0.0348. The number of hydrogen-bond donors (Lipinski definition) is 1. The number of carbonyl (C=O) groups is 1. The Morgan fingerprint density at radius 2 is 1.82 bits per heavy atom. The lowest BCUT2D eigenvalue weighted by atomic mass is 10.0. The van der Waals surface area contributed by atoms with Gasteiger partial charge in [0.25, 0.3) is 11.5 Å². The molecule has 0 atom stereocenters. The van der Waals surface area contributed by atoms with Gasteiger partial charge in [0.1, 0.15) is 5.82 Å². The van der Waals surface area contributed by atoms with E-state index in [0.717, 1.165) is 35.2 Å². The third kappa shape index (κ3) is 4.71. The molecule has 0 radical (unpaired) electrons. The molecule has 0 aliphatic carbocycles. The number of amides is 1. The minimum atomic E-state index is -0.533. The van der Waals surface area contributed by atoms with Crippen LogP contribution in [0.4, 0.5) is 4.39 Å². The molecular formula is C25H33FN4O3. The van der Waals surface area contributed by atoms with Crippen molar-refractivity contribution in [2.45, 2.75) is 53.1 Å². The summed E-state index contributed by atoms with van der Waals surface area (Å²) in [7, 11) is 3.58. The number of nitrogens with zero attached hydrogens (tertiary/aromatic N) is 3. The molecule has 3 heterocycles. The number of methoxy groups -OCH3 is 1. The minimum absolute atomic E-state index is 0.0648. The van der Waals surface area contributed by atoms with Crippen LogP contribution in [0.25, 0.3) is 10.8 Å². The van der Waals surface area contributed by atoms with Crippen molar-refractivity contribution in [1.82, 2.24) is 19.7 Å². The molecule has 1 aliphatic rings. The van der Waals surface area contributed by atoms with Crippen LogP contribution in [0.1, 0.15) is 59.7 Å². The molecule has 1 aliphatic heterocycles. The number of ether oxygens (including phenoxy) is 1. The summed E-state index contributed by atoms with van der Waals surface area (Å²) in [6, 6.07) is 4.59. The van der Waals surface area contributed by atoms with Gasteiger partial charge in [-0.3, -0.25) is 9.59 Å². The van der Waals surface area contributed by atoms with Gasteiger partial charge in [-0.05, 0) is 44.4 Å². The number of aromatic amines is 1. The lowest BCUT2D eigenvalue weighted by Gasteiger charge is -2.31. The Balaban J connectivity index is 0.00000149. The van der Waals surface area contributed by atoms with E-state index in [1.165, 1.54) is 6.07 Å². The number of carbonyl (C=O) groups excluding carboxylic acids is 1. The van der Waals surface area contributed by atoms with Crippen LogP contribution in [0.3, 0.4) is 0 Å². The van der Waals surface area contributed by atoms with E-state index in [1.54, 1.807) is 24.1 Å². The Kier molecular flexibility index (Phi) is 7.68. The number of hydrogen-bond acceptors (Lipinski definition) is 4. The van der Waals surface area contributed by atoms with Gasteiger partial charge >= 0.3 is 0 Å². The van der Waals surface area contributed by atoms with E-state index in [-0.39, 0.29) is 23.1 Å². The Bertz CT molecular complexity index is 1210. The van der Waals surface area contributed by atoms with Crippen molar-refractivity contribution >= 4 is 16.7 Å². The van der Waals surface area contributed by atoms with Gasteiger partial charge in [0.2, 0.25) is 0 Å². The van der Waals surface area contributed by atoms with Crippen molar-refractivity contribution in [3.8, 4) is 0 Å². The zero-order chi connectivity index (χ0) is 24.3. The summed E-state index contributed by atoms with van der Waals surface area (Å²) in [6.45, 7) is 8.94. The molecule has 3 aromatic rings. The molecule has 33 heavy (non-hydrogen) atoms. The van der Waals surface area contributed by atoms with Gasteiger partial charge in [0, 0.05) is 50.4 Å². The van der Waals surface area contributed by atoms with Crippen molar-refractivity contribution in [3.63, 3.8) is 0 Å². The molecule has 1 saturated heterocycles. The van der Waals surface area contributed by atoms with Gasteiger partial charge < -0.3 is 14.2 Å². The molecule has 0 bridgehead atoms. The van der Waals surface area contributed by atoms with Crippen LogP contribution in [0.2, 0.25) is 0 Å². The van der Waals surface area contributed by atoms with Crippen LogP contribution < -0.4 is 5.56 Å². The predicted octanol–water partition coefficient (Wildman–Crippen LogP) is 3.89. The van der Waals surface area contributed by atoms with E-state index in [0.29, 0.717) is 30.6 Å². The number of H-pyrrole nitrogens is 1. The molecule has 1 aromatic carbocycles. The van der Waals surface area contributed by atoms with Gasteiger partial charge in [-0.2, -0.15) is 5.10 Å². The van der Waals surface area contributed by atoms with Crippen LogP contribution in [0.15, 0.2) is 23.0 Å². The molecule has 178 valence electrons. The maximum Gasteiger partial charge on any atom is 0.273 e. The van der Waals surface area contributed by atoms with Crippen molar-refractivity contribution in [1.29, 1.82) is 0 Å². The van der Waals surface area contributed by atoms with Crippen molar-refractivity contribution in [3.05, 3.63) is 62.6 Å². The number of likely N-dealkylation sites (tertiary alicyclic amines) is 1. The molecular weight excluding hydrogens is 423 g/mol. The van der Waals surface area contributed by atoms with Gasteiger partial charge in [-0.15, -0.1) is 0 Å². The van der Waals surface area contributed by atoms with E-state index < -0.39 is 5.82 Å². The average Bonchev–Trinajstić information content (AvgIpc) is 3.08. The average molecular weight is 457 g/mol. The fourth-order valence-electron chi connectivity index (χ4n) is 4.44. The van der Waals surface area contributed by atoms with Gasteiger partial charge in [-0.25, -0.2) is 9.49 Å². The standard InChI is InChI=1S/C23H27FN4O3.C2H6/c1-13-20-19(25-26-22(29)21(20)14(2)27(13)3)12-15-5-6-18(24)17(11-15)23(30)28-9-7-16(31-4)8-10-28;1-2/h5-6,11,16H,7-10,12H2,1-4H3,(H,26,29);1-2H3. The van der Waals surface area contributed by atoms with E-state index in [2.05, 4.69) is 10.2 Å². The molecule has 7 nitrogen and oxygen atoms in total. The van der Waals surface area contributed by atoms with Gasteiger partial charge in [0.15, 0.2) is 0 Å². The Hall–Kier alpha value is -3.00. The monoisotopic (exact) mass is 456 g/mol. The SMILES string of the molecule is CC.COC1CCN(C(=O)c2cc(Cc3n[nH]c(=O)c4c(C)n(C)c(C)c34)ccc2F)CC1. The minimum Gasteiger partial charge on any atom is -0.381 e. The molecule has 0 unspecified atom stereocenters. The van der Waals surface area contributed by atoms with Crippen LogP contribution >= 0.6 is 0 Å². The molecule has 1 fully saturated rings. The van der Waals surface area contributed by atoms with Crippen LogP contribution in [-0.4, -0.2) is 51.9 Å². The number of fused-ring (bicyclic) bond motifs is 1. The Morgan fingerprint density at radius 3 is 2.45 bits per heavy atom. The number of benzene rings is 1. The highest BCUT2D eigenvalue weighted by atomic mass is 19.1. The molecule has 8 heteroatoms. The summed E-state index contributed by atoms with van der Waals surface area (Å²) in [6.07, 6.45) is 2.01. The first-order valence-electron chi connectivity index (χ1n) is 11.5. The Labute approximate surface area is 193 Å². The summed E-state index contributed by atoms with van der Waals surface area (Å²) in [5.41, 5.74) is 3.11. The van der Waals surface area contributed by atoms with Crippen molar-refractivity contribution in [2.24, 2.45) is 7.05 Å². The second kappa shape index (κ2) is 10.3. The normalized spacial score (nSPS) is 14.3. The summed E-state index contributed by atoms with van der Waals surface area (Å²) in [5.74, 6) is -0.839. The van der Waals surface area contributed by atoms with E-state index in [4.69, 9.17) is 4.74 Å². The summed E-state index contributed by atoms with van der Waals surface area (Å²) < 4.78 is 21.9. The number of aromatic nitrogens is 3. The highest BCUT2D eigenvalue weighted by Gasteiger charge is 2.25. The number of aryl methyl sites for hydroxylation is 2. The fourth-order valence-corrected chi connectivity index (χ4v) is 4.44. The smallest absolute Gasteiger partial charge is 0.273 e. The predicted molar refractivity (Wildman–Crippen MR) is 127 cm³/mol. The molecule has 0 saturated carbocycles. The van der Waals surface area contributed by atoms with Gasteiger partial charge in [-0.1, -0.05) is 19.9 Å². The third-order valence-corrected chi connectivity index (χ3v) is 6.48. The third-order valence-electron chi connectivity index (χ3n) is 6.48. The largest absolute Gasteiger partial charge is 0.381 e. The molecule has 0 spiro atoms. The zero-order valence-corrected chi connectivity index (χ0v) is 20.3. The molecule has 4 rings (SSSR count). The first-order chi connectivity index (χ1) is 15.8. The highest BCUT2D eigenvalue weighted by Crippen LogP contribution is 2.26. The van der Waals surface area contributed by atoms with E-state index >= 15 is 0 Å². The molecule has 1 amide bonds. The lowest BCUT2D eigenvalue weighted by Crippen LogP contribution is -2.41. The van der Waals surface area contributed by atoms with E-state index in [9.17, 15) is 14.0 Å². The zero-order valence-electron chi connectivity index (χ0n) is 20.3. The summed E-state index contributed by atoms with van der Waals surface area (Å²) in [4.78, 5) is 27.0. The quantitative estimate of drug-likeness (QED) is 0.646. The highest BCUT2D eigenvalue weighted by molar-refractivity contribution is 5.95. The first kappa shape index (κ1) is 24.6. The summed E-state index contributed by atoms with van der Waals surface area (Å²) >= 11 is 0. The first-order valence-corrected chi connectivity index (χ1v) is 11.5. The molecule has 1 N–H and O–H groups in total. The van der Waals surface area contributed by atoms with Crippen molar-refractivity contribution < 1.29 is 13.9 Å².